The molecule has 142 valence electrons. The second kappa shape index (κ2) is 10.7. The smallest absolute Gasteiger partial charge is 0.407 e. The van der Waals surface area contributed by atoms with Gasteiger partial charge in [-0.2, -0.15) is 0 Å². The van der Waals surface area contributed by atoms with E-state index in [1.165, 1.54) is 31.5 Å². The van der Waals surface area contributed by atoms with Crippen LogP contribution >= 0.6 is 0 Å². The summed E-state index contributed by atoms with van der Waals surface area (Å²) in [5.41, 5.74) is -0.598. The first-order valence-electron chi connectivity index (χ1n) is 8.70. The van der Waals surface area contributed by atoms with Crippen molar-refractivity contribution in [3.63, 3.8) is 0 Å². The molecule has 1 amide bonds. The first-order valence-corrected chi connectivity index (χ1v) is 8.70. The van der Waals surface area contributed by atoms with Crippen LogP contribution in [0.1, 0.15) is 52.9 Å². The Morgan fingerprint density at radius 2 is 2.04 bits per heavy atom. The third kappa shape index (κ3) is 10.4. The Bertz CT molecular complexity index is 562. The van der Waals surface area contributed by atoms with Crippen molar-refractivity contribution in [2.45, 2.75) is 64.5 Å². The molecule has 8 heteroatoms. The molecule has 0 bridgehead atoms. The lowest BCUT2D eigenvalue weighted by molar-refractivity contribution is 0.0493. The monoisotopic (exact) mass is 354 g/mol. The van der Waals surface area contributed by atoms with E-state index in [4.69, 9.17) is 9.84 Å². The number of H-pyrrole nitrogens is 1. The normalized spacial score (nSPS) is 14.9. The number of alkyl carbamates (subject to hydrolysis) is 1. The molecular formula is C17H30N4O4. The predicted octanol–water partition coefficient (Wildman–Crippen LogP) is 2.02. The van der Waals surface area contributed by atoms with Gasteiger partial charge < -0.3 is 20.5 Å². The van der Waals surface area contributed by atoms with Gasteiger partial charge in [0.25, 0.3) is 5.56 Å². The number of hydrogen-bond donors (Lipinski definition) is 4. The average molecular weight is 354 g/mol. The summed E-state index contributed by atoms with van der Waals surface area (Å²) in [5, 5.41) is 14.0. The Morgan fingerprint density at radius 3 is 2.60 bits per heavy atom. The summed E-state index contributed by atoms with van der Waals surface area (Å²) in [6.07, 6.45) is 7.06. The fourth-order valence-electron chi connectivity index (χ4n) is 2.36. The fraction of sp³-hybridized carbons (Fsp3) is 0.706. The quantitative estimate of drug-likeness (QED) is 0.657. The van der Waals surface area contributed by atoms with E-state index >= 15 is 0 Å². The third-order valence-corrected chi connectivity index (χ3v) is 3.40. The maximum absolute atomic E-state index is 11.4. The highest BCUT2D eigenvalue weighted by atomic mass is 16.6. The lowest BCUT2D eigenvalue weighted by Crippen LogP contribution is -2.39. The minimum Gasteiger partial charge on any atom is -0.444 e. The van der Waals surface area contributed by atoms with Crippen LogP contribution in [0.3, 0.4) is 0 Å². The number of aliphatic hydroxyl groups excluding tert-OH is 1. The third-order valence-electron chi connectivity index (χ3n) is 3.40. The Hall–Kier alpha value is -2.09. The molecule has 0 unspecified atom stereocenters. The number of amides is 1. The molecule has 0 spiro atoms. The van der Waals surface area contributed by atoms with Gasteiger partial charge in [-0.05, 0) is 33.6 Å². The number of nitrogens with zero attached hydrogens (tertiary/aromatic N) is 1. The summed E-state index contributed by atoms with van der Waals surface area (Å²) in [7, 11) is 0. The Morgan fingerprint density at radius 1 is 1.36 bits per heavy atom. The van der Waals surface area contributed by atoms with Crippen molar-refractivity contribution in [1.82, 2.24) is 15.3 Å². The minimum atomic E-state index is -0.390. The molecule has 0 aliphatic heterocycles. The molecule has 1 aliphatic rings. The Kier molecular flexibility index (Phi) is 8.98. The van der Waals surface area contributed by atoms with Crippen molar-refractivity contribution in [2.24, 2.45) is 0 Å². The summed E-state index contributed by atoms with van der Waals surface area (Å²) in [5.74, 6) is 0.381. The number of carbonyl (C=O) groups is 1. The summed E-state index contributed by atoms with van der Waals surface area (Å²) >= 11 is 0. The number of aliphatic hydroxyl groups is 1. The van der Waals surface area contributed by atoms with Gasteiger partial charge in [0.05, 0.1) is 6.61 Å². The van der Waals surface area contributed by atoms with Gasteiger partial charge in [-0.25, -0.2) is 9.78 Å². The van der Waals surface area contributed by atoms with Gasteiger partial charge >= 0.3 is 6.09 Å². The van der Waals surface area contributed by atoms with E-state index in [1.807, 2.05) is 20.8 Å². The highest BCUT2D eigenvalue weighted by molar-refractivity contribution is 5.68. The lowest BCUT2D eigenvalue weighted by atomic mass is 9.96. The van der Waals surface area contributed by atoms with E-state index < -0.39 is 5.60 Å². The van der Waals surface area contributed by atoms with Gasteiger partial charge in [0, 0.05) is 24.8 Å². The zero-order valence-corrected chi connectivity index (χ0v) is 15.3. The molecule has 0 atom stereocenters. The van der Waals surface area contributed by atoms with Gasteiger partial charge in [-0.1, -0.05) is 19.3 Å². The fourth-order valence-corrected chi connectivity index (χ4v) is 2.36. The van der Waals surface area contributed by atoms with Crippen LogP contribution in [-0.4, -0.2) is 46.0 Å². The second-order valence-electron chi connectivity index (χ2n) is 6.91. The summed E-state index contributed by atoms with van der Waals surface area (Å²) in [4.78, 5) is 28.3. The summed E-state index contributed by atoms with van der Waals surface area (Å²) in [6.45, 7) is 6.04. The number of aromatic amines is 1. The number of aromatic nitrogens is 2. The van der Waals surface area contributed by atoms with Crippen LogP contribution in [0.25, 0.3) is 0 Å². The maximum atomic E-state index is 11.4. The molecule has 1 fully saturated rings. The molecule has 1 aromatic rings. The number of rotatable bonds is 4. The Labute approximate surface area is 148 Å². The zero-order chi connectivity index (χ0) is 18.7. The van der Waals surface area contributed by atoms with Crippen molar-refractivity contribution in [3.8, 4) is 0 Å². The van der Waals surface area contributed by atoms with Crippen LogP contribution in [0.5, 0.6) is 0 Å². The number of anilines is 1. The molecule has 0 aromatic carbocycles. The van der Waals surface area contributed by atoms with Crippen molar-refractivity contribution in [3.05, 3.63) is 22.6 Å². The molecule has 0 radical (unpaired) electrons. The van der Waals surface area contributed by atoms with E-state index in [0.717, 1.165) is 12.8 Å². The summed E-state index contributed by atoms with van der Waals surface area (Å²) < 4.78 is 5.19. The first-order chi connectivity index (χ1) is 11.8. The molecule has 8 nitrogen and oxygen atoms in total. The average Bonchev–Trinajstić information content (AvgIpc) is 2.53. The number of carbonyl (C=O) groups excluding carboxylic acids is 1. The largest absolute Gasteiger partial charge is 0.444 e. The summed E-state index contributed by atoms with van der Waals surface area (Å²) in [6, 6.07) is 1.66. The minimum absolute atomic E-state index is 0.0125. The van der Waals surface area contributed by atoms with Crippen LogP contribution in [0.4, 0.5) is 10.7 Å². The van der Waals surface area contributed by atoms with Crippen molar-refractivity contribution in [1.29, 1.82) is 0 Å². The van der Waals surface area contributed by atoms with E-state index in [9.17, 15) is 9.59 Å². The van der Waals surface area contributed by atoms with Gasteiger partial charge in [0.15, 0.2) is 0 Å². The molecular weight excluding hydrogens is 324 g/mol. The Balaban J connectivity index is 0.000000257. The zero-order valence-electron chi connectivity index (χ0n) is 15.3. The van der Waals surface area contributed by atoms with Gasteiger partial charge in [-0.15, -0.1) is 0 Å². The van der Waals surface area contributed by atoms with Crippen molar-refractivity contribution in [2.75, 3.05) is 18.5 Å². The van der Waals surface area contributed by atoms with E-state index in [1.54, 1.807) is 0 Å². The van der Waals surface area contributed by atoms with Gasteiger partial charge in [0.2, 0.25) is 5.95 Å². The molecule has 1 aromatic heterocycles. The topological polar surface area (TPSA) is 116 Å². The number of hydrogen-bond acceptors (Lipinski definition) is 6. The maximum Gasteiger partial charge on any atom is 0.407 e. The molecule has 1 heterocycles. The van der Waals surface area contributed by atoms with Crippen LogP contribution in [-0.2, 0) is 4.74 Å². The van der Waals surface area contributed by atoms with Crippen LogP contribution in [0.15, 0.2) is 17.1 Å². The number of nitrogens with one attached hydrogen (secondary N) is 3. The van der Waals surface area contributed by atoms with E-state index in [2.05, 4.69) is 20.6 Å². The predicted molar refractivity (Wildman–Crippen MR) is 96.7 cm³/mol. The van der Waals surface area contributed by atoms with Crippen molar-refractivity contribution >= 4 is 12.0 Å². The molecule has 1 saturated carbocycles. The van der Waals surface area contributed by atoms with Crippen LogP contribution in [0.2, 0.25) is 0 Å². The van der Waals surface area contributed by atoms with Crippen LogP contribution in [0, 0.1) is 0 Å². The van der Waals surface area contributed by atoms with Crippen LogP contribution < -0.4 is 16.2 Å². The van der Waals surface area contributed by atoms with E-state index in [-0.39, 0.29) is 18.3 Å². The molecule has 2 rings (SSSR count). The molecule has 1 aliphatic carbocycles. The first kappa shape index (κ1) is 21.0. The number of ether oxygens (including phenoxy) is 1. The molecule has 25 heavy (non-hydrogen) atoms. The second-order valence-corrected chi connectivity index (χ2v) is 6.91. The van der Waals surface area contributed by atoms with Crippen molar-refractivity contribution < 1.29 is 14.6 Å². The lowest BCUT2D eigenvalue weighted by Gasteiger charge is -2.25. The molecule has 4 N–H and O–H groups in total. The molecule has 0 saturated heterocycles. The van der Waals surface area contributed by atoms with E-state index in [0.29, 0.717) is 18.5 Å². The SMILES string of the molecule is CC(C)(C)OC(=O)NC1CCCCC1.O=c1ccnc(NCCO)[nH]1. The van der Waals surface area contributed by atoms with Gasteiger partial charge in [0.1, 0.15) is 5.60 Å². The highest BCUT2D eigenvalue weighted by Gasteiger charge is 2.20. The standard InChI is InChI=1S/C11H21NO2.C6H9N3O2/c1-11(2,3)14-10(13)12-9-7-5-4-6-8-9;10-4-3-8-6-7-2-1-5(11)9-6/h9H,4-8H2,1-3H3,(H,12,13);1-2,10H,3-4H2,(H2,7,8,9,11). The highest BCUT2D eigenvalue weighted by Crippen LogP contribution is 2.18. The van der Waals surface area contributed by atoms with Gasteiger partial charge in [-0.3, -0.25) is 9.78 Å².